The summed E-state index contributed by atoms with van der Waals surface area (Å²) in [5.74, 6) is -0.0385. The zero-order valence-corrected chi connectivity index (χ0v) is 20.8. The fourth-order valence-corrected chi connectivity index (χ4v) is 4.81. The van der Waals surface area contributed by atoms with Gasteiger partial charge in [-0.15, -0.1) is 11.3 Å². The van der Waals surface area contributed by atoms with Crippen LogP contribution in [0.1, 0.15) is 36.6 Å². The molecule has 0 atom stereocenters. The second kappa shape index (κ2) is 10.8. The molecule has 0 saturated carbocycles. The molecule has 3 aromatic rings. The van der Waals surface area contributed by atoms with Crippen LogP contribution in [0.2, 0.25) is 0 Å². The Labute approximate surface area is 208 Å². The highest BCUT2D eigenvalue weighted by molar-refractivity contribution is 7.14. The third kappa shape index (κ3) is 5.95. The van der Waals surface area contributed by atoms with Crippen LogP contribution in [0.3, 0.4) is 0 Å². The van der Waals surface area contributed by atoms with Gasteiger partial charge in [-0.3, -0.25) is 14.5 Å². The van der Waals surface area contributed by atoms with Crippen molar-refractivity contribution in [2.75, 3.05) is 18.0 Å². The highest BCUT2D eigenvalue weighted by Crippen LogP contribution is 2.31. The normalized spacial score (nSPS) is 14.3. The number of ether oxygens (including phenoxy) is 1. The second-order valence-corrected chi connectivity index (χ2v) is 9.44. The minimum absolute atomic E-state index is 0.0839. The number of carbonyl (C=O) groups excluding carboxylic acids is 2. The van der Waals surface area contributed by atoms with Gasteiger partial charge >= 0.3 is 0 Å². The molecule has 182 valence electrons. The summed E-state index contributed by atoms with van der Waals surface area (Å²) in [5.41, 5.74) is 2.95. The van der Waals surface area contributed by atoms with Crippen LogP contribution < -0.4 is 9.64 Å². The fourth-order valence-electron chi connectivity index (χ4n) is 3.97. The van der Waals surface area contributed by atoms with E-state index in [0.29, 0.717) is 23.9 Å². The SMILES string of the molecule is CC(=O)N(c1nc(/C=C/C(=O)N2CCC(Oc3cc(C)ccc3C)CC2)cs1)c1ccccc1F. The van der Waals surface area contributed by atoms with Crippen LogP contribution in [-0.2, 0) is 9.59 Å². The van der Waals surface area contributed by atoms with Gasteiger partial charge < -0.3 is 9.64 Å². The quantitative estimate of drug-likeness (QED) is 0.415. The van der Waals surface area contributed by atoms with Crippen molar-refractivity contribution >= 4 is 40.0 Å². The van der Waals surface area contributed by atoms with Gasteiger partial charge in [-0.2, -0.15) is 0 Å². The number of hydrogen-bond donors (Lipinski definition) is 0. The smallest absolute Gasteiger partial charge is 0.246 e. The number of halogens is 1. The van der Waals surface area contributed by atoms with Crippen LogP contribution in [-0.4, -0.2) is 40.9 Å². The Balaban J connectivity index is 1.35. The molecule has 2 aromatic carbocycles. The molecule has 0 aliphatic carbocycles. The summed E-state index contributed by atoms with van der Waals surface area (Å²) in [7, 11) is 0. The first kappa shape index (κ1) is 24.6. The zero-order valence-electron chi connectivity index (χ0n) is 20.0. The highest BCUT2D eigenvalue weighted by Gasteiger charge is 2.24. The number of nitrogens with zero attached hydrogens (tertiary/aromatic N) is 3. The first-order chi connectivity index (χ1) is 16.8. The van der Waals surface area contributed by atoms with Crippen molar-refractivity contribution in [2.45, 2.75) is 39.7 Å². The van der Waals surface area contributed by atoms with Gasteiger partial charge in [0.15, 0.2) is 5.13 Å². The molecule has 35 heavy (non-hydrogen) atoms. The molecule has 6 nitrogen and oxygen atoms in total. The number of amides is 2. The van der Waals surface area contributed by atoms with E-state index in [0.717, 1.165) is 29.7 Å². The monoisotopic (exact) mass is 493 g/mol. The topological polar surface area (TPSA) is 62.7 Å². The molecule has 0 bridgehead atoms. The minimum Gasteiger partial charge on any atom is -0.490 e. The minimum atomic E-state index is -0.505. The van der Waals surface area contributed by atoms with Crippen molar-refractivity contribution in [1.82, 2.24) is 9.88 Å². The highest BCUT2D eigenvalue weighted by atomic mass is 32.1. The Hall–Kier alpha value is -3.52. The van der Waals surface area contributed by atoms with E-state index in [1.165, 1.54) is 41.4 Å². The van der Waals surface area contributed by atoms with Crippen molar-refractivity contribution < 1.29 is 18.7 Å². The molecule has 8 heteroatoms. The van der Waals surface area contributed by atoms with Crippen LogP contribution in [0.15, 0.2) is 53.9 Å². The Morgan fingerprint density at radius 2 is 1.91 bits per heavy atom. The first-order valence-electron chi connectivity index (χ1n) is 11.5. The van der Waals surface area contributed by atoms with Crippen LogP contribution in [0.25, 0.3) is 6.08 Å². The number of aryl methyl sites for hydroxylation is 2. The molecule has 2 amide bonds. The Bertz CT molecular complexity index is 1250. The largest absolute Gasteiger partial charge is 0.490 e. The van der Waals surface area contributed by atoms with E-state index in [1.54, 1.807) is 28.5 Å². The number of thiazole rings is 1. The van der Waals surface area contributed by atoms with E-state index in [2.05, 4.69) is 23.2 Å². The number of likely N-dealkylation sites (tertiary alicyclic amines) is 1. The average Bonchev–Trinajstić information content (AvgIpc) is 3.30. The molecule has 2 heterocycles. The number of aromatic nitrogens is 1. The third-order valence-corrected chi connectivity index (χ3v) is 6.74. The summed E-state index contributed by atoms with van der Waals surface area (Å²) in [6.07, 6.45) is 4.74. The summed E-state index contributed by atoms with van der Waals surface area (Å²) in [4.78, 5) is 32.4. The Morgan fingerprint density at radius 3 is 2.63 bits per heavy atom. The molecule has 1 aliphatic heterocycles. The third-order valence-electron chi connectivity index (χ3n) is 5.90. The van der Waals surface area contributed by atoms with Crippen LogP contribution in [0.4, 0.5) is 15.2 Å². The van der Waals surface area contributed by atoms with Crippen molar-refractivity contribution in [3.63, 3.8) is 0 Å². The van der Waals surface area contributed by atoms with E-state index in [1.807, 2.05) is 13.8 Å². The number of piperidine rings is 1. The lowest BCUT2D eigenvalue weighted by molar-refractivity contribution is -0.127. The van der Waals surface area contributed by atoms with Gasteiger partial charge in [-0.1, -0.05) is 24.3 Å². The van der Waals surface area contributed by atoms with Crippen molar-refractivity contribution in [2.24, 2.45) is 0 Å². The molecule has 0 spiro atoms. The number of hydrogen-bond acceptors (Lipinski definition) is 5. The summed E-state index contributed by atoms with van der Waals surface area (Å²) >= 11 is 1.21. The van der Waals surface area contributed by atoms with Gasteiger partial charge in [0.2, 0.25) is 11.8 Å². The Morgan fingerprint density at radius 1 is 1.17 bits per heavy atom. The number of anilines is 2. The molecule has 1 aromatic heterocycles. The maximum absolute atomic E-state index is 14.2. The van der Waals surface area contributed by atoms with Gasteiger partial charge in [-0.25, -0.2) is 9.37 Å². The number of benzene rings is 2. The van der Waals surface area contributed by atoms with E-state index >= 15 is 0 Å². The summed E-state index contributed by atoms with van der Waals surface area (Å²) in [6.45, 7) is 6.68. The molecule has 0 radical (unpaired) electrons. The van der Waals surface area contributed by atoms with E-state index in [-0.39, 0.29) is 23.6 Å². The van der Waals surface area contributed by atoms with Gasteiger partial charge in [0, 0.05) is 44.3 Å². The molecule has 0 N–H and O–H groups in total. The maximum Gasteiger partial charge on any atom is 0.246 e. The van der Waals surface area contributed by atoms with E-state index < -0.39 is 5.82 Å². The van der Waals surface area contributed by atoms with Crippen LogP contribution >= 0.6 is 11.3 Å². The number of para-hydroxylation sites is 1. The molecule has 1 saturated heterocycles. The predicted octanol–water partition coefficient (Wildman–Crippen LogP) is 5.67. The zero-order chi connectivity index (χ0) is 24.9. The second-order valence-electron chi connectivity index (χ2n) is 8.61. The molecule has 1 fully saturated rings. The van der Waals surface area contributed by atoms with Crippen LogP contribution in [0, 0.1) is 19.7 Å². The number of carbonyl (C=O) groups is 2. The summed E-state index contributed by atoms with van der Waals surface area (Å²) in [6, 6.07) is 12.2. The molecular formula is C27H28FN3O3S. The van der Waals surface area contributed by atoms with Gasteiger partial charge in [0.1, 0.15) is 17.7 Å². The van der Waals surface area contributed by atoms with Crippen molar-refractivity contribution in [3.05, 3.63) is 76.6 Å². The molecule has 0 unspecified atom stereocenters. The lowest BCUT2D eigenvalue weighted by Crippen LogP contribution is -2.41. The van der Waals surface area contributed by atoms with Gasteiger partial charge in [0.05, 0.1) is 11.4 Å². The summed E-state index contributed by atoms with van der Waals surface area (Å²) in [5, 5.41) is 2.08. The first-order valence-corrected chi connectivity index (χ1v) is 12.4. The lowest BCUT2D eigenvalue weighted by Gasteiger charge is -2.32. The number of rotatable bonds is 6. The van der Waals surface area contributed by atoms with Crippen molar-refractivity contribution in [1.29, 1.82) is 0 Å². The van der Waals surface area contributed by atoms with Gasteiger partial charge in [0.25, 0.3) is 0 Å². The van der Waals surface area contributed by atoms with Crippen LogP contribution in [0.5, 0.6) is 5.75 Å². The average molecular weight is 494 g/mol. The Kier molecular flexibility index (Phi) is 7.60. The molecule has 4 rings (SSSR count). The lowest BCUT2D eigenvalue weighted by atomic mass is 10.1. The molecule has 1 aliphatic rings. The predicted molar refractivity (Wildman–Crippen MR) is 137 cm³/mol. The van der Waals surface area contributed by atoms with Gasteiger partial charge in [-0.05, 0) is 49.2 Å². The fraction of sp³-hybridized carbons (Fsp3) is 0.296. The van der Waals surface area contributed by atoms with E-state index in [4.69, 9.17) is 4.74 Å². The maximum atomic E-state index is 14.2. The molecular weight excluding hydrogens is 465 g/mol. The van der Waals surface area contributed by atoms with Crippen molar-refractivity contribution in [3.8, 4) is 5.75 Å². The van der Waals surface area contributed by atoms with E-state index in [9.17, 15) is 14.0 Å². The standard InChI is InChI=1S/C27H28FN3O3S/c1-18-8-9-19(2)25(16-18)34-22-12-14-30(15-13-22)26(33)11-10-21-17-35-27(29-21)31(20(3)32)24-7-5-4-6-23(24)28/h4-11,16-17,22H,12-15H2,1-3H3/b11-10+. The summed E-state index contributed by atoms with van der Waals surface area (Å²) < 4.78 is 20.4.